The molecule has 0 fully saturated rings. The van der Waals surface area contributed by atoms with Gasteiger partial charge in [-0.2, -0.15) is 0 Å². The van der Waals surface area contributed by atoms with Gasteiger partial charge in [0.05, 0.1) is 0 Å². The number of amides is 1. The van der Waals surface area contributed by atoms with E-state index in [-0.39, 0.29) is 5.91 Å². The fourth-order valence-corrected chi connectivity index (χ4v) is 2.70. The van der Waals surface area contributed by atoms with Crippen LogP contribution >= 0.6 is 0 Å². The number of aryl methyl sites for hydroxylation is 2. The smallest absolute Gasteiger partial charge is 0.224 e. The number of rotatable bonds is 3. The van der Waals surface area contributed by atoms with Crippen LogP contribution in [0.25, 0.3) is 0 Å². The van der Waals surface area contributed by atoms with Crippen LogP contribution in [0, 0.1) is 0 Å². The summed E-state index contributed by atoms with van der Waals surface area (Å²) in [4.78, 5) is 11.4. The third kappa shape index (κ3) is 2.83. The maximum atomic E-state index is 11.4. The van der Waals surface area contributed by atoms with E-state index in [1.807, 2.05) is 30.3 Å². The number of hydrogen-bond acceptors (Lipinski definition) is 2. The standard InChI is InChI=1S/C18H19NO2/c1-2-12-3-5-13(6-4-12)18(21)15-7-9-16-14(11-15)8-10-17(20)19-16/h3-7,9,11,18,21H,2,8,10H2,1H3,(H,19,20). The number of aliphatic hydroxyl groups excluding tert-OH is 1. The average Bonchev–Trinajstić information content (AvgIpc) is 2.53. The Kier molecular flexibility index (Phi) is 3.76. The molecule has 1 unspecified atom stereocenters. The third-order valence-corrected chi connectivity index (χ3v) is 4.04. The minimum absolute atomic E-state index is 0.0611. The Bertz CT molecular complexity index is 661. The summed E-state index contributed by atoms with van der Waals surface area (Å²) in [5, 5.41) is 13.4. The molecule has 0 saturated heterocycles. The lowest BCUT2D eigenvalue weighted by Gasteiger charge is -2.19. The van der Waals surface area contributed by atoms with Crippen molar-refractivity contribution in [1.29, 1.82) is 0 Å². The molecule has 1 heterocycles. The lowest BCUT2D eigenvalue weighted by atomic mass is 9.95. The van der Waals surface area contributed by atoms with Gasteiger partial charge < -0.3 is 10.4 Å². The van der Waals surface area contributed by atoms with E-state index < -0.39 is 6.10 Å². The van der Waals surface area contributed by atoms with Gasteiger partial charge in [-0.3, -0.25) is 4.79 Å². The molecule has 1 amide bonds. The van der Waals surface area contributed by atoms with Crippen LogP contribution in [-0.4, -0.2) is 11.0 Å². The van der Waals surface area contributed by atoms with E-state index in [1.54, 1.807) is 0 Å². The topological polar surface area (TPSA) is 49.3 Å². The molecule has 3 nitrogen and oxygen atoms in total. The molecule has 0 saturated carbocycles. The van der Waals surface area contributed by atoms with Crippen LogP contribution in [-0.2, 0) is 17.6 Å². The zero-order chi connectivity index (χ0) is 14.8. The molecular formula is C18H19NO2. The first-order chi connectivity index (χ1) is 10.2. The Morgan fingerprint density at radius 3 is 2.52 bits per heavy atom. The number of aliphatic hydroxyl groups is 1. The Morgan fingerprint density at radius 2 is 1.81 bits per heavy atom. The molecule has 1 atom stereocenters. The number of hydrogen-bond donors (Lipinski definition) is 2. The van der Waals surface area contributed by atoms with E-state index in [4.69, 9.17) is 0 Å². The van der Waals surface area contributed by atoms with E-state index in [0.29, 0.717) is 6.42 Å². The van der Waals surface area contributed by atoms with Crippen molar-refractivity contribution in [2.24, 2.45) is 0 Å². The molecule has 3 rings (SSSR count). The molecule has 2 N–H and O–H groups in total. The summed E-state index contributed by atoms with van der Waals surface area (Å²) in [5.41, 5.74) is 4.99. The van der Waals surface area contributed by atoms with Crippen LogP contribution < -0.4 is 5.32 Å². The largest absolute Gasteiger partial charge is 0.384 e. The van der Waals surface area contributed by atoms with Gasteiger partial charge in [-0.15, -0.1) is 0 Å². The number of anilines is 1. The summed E-state index contributed by atoms with van der Waals surface area (Å²) in [6.45, 7) is 2.11. The molecular weight excluding hydrogens is 262 g/mol. The van der Waals surface area contributed by atoms with Gasteiger partial charge in [-0.1, -0.05) is 43.3 Å². The van der Waals surface area contributed by atoms with Crippen LogP contribution in [0.3, 0.4) is 0 Å². The zero-order valence-electron chi connectivity index (χ0n) is 12.1. The van der Waals surface area contributed by atoms with E-state index in [9.17, 15) is 9.90 Å². The van der Waals surface area contributed by atoms with Crippen molar-refractivity contribution in [2.45, 2.75) is 32.3 Å². The van der Waals surface area contributed by atoms with Gasteiger partial charge in [0.1, 0.15) is 6.10 Å². The van der Waals surface area contributed by atoms with Gasteiger partial charge >= 0.3 is 0 Å². The first-order valence-electron chi connectivity index (χ1n) is 7.37. The van der Waals surface area contributed by atoms with Gasteiger partial charge in [-0.25, -0.2) is 0 Å². The van der Waals surface area contributed by atoms with E-state index >= 15 is 0 Å². The molecule has 0 radical (unpaired) electrons. The lowest BCUT2D eigenvalue weighted by Crippen LogP contribution is -2.19. The number of fused-ring (bicyclic) bond motifs is 1. The van der Waals surface area contributed by atoms with Crippen molar-refractivity contribution in [1.82, 2.24) is 0 Å². The van der Waals surface area contributed by atoms with Crippen LogP contribution in [0.2, 0.25) is 0 Å². The second-order valence-corrected chi connectivity index (χ2v) is 5.46. The number of carbonyl (C=O) groups excluding carboxylic acids is 1. The minimum Gasteiger partial charge on any atom is -0.384 e. The molecule has 2 aromatic carbocycles. The van der Waals surface area contributed by atoms with Crippen molar-refractivity contribution >= 4 is 11.6 Å². The molecule has 0 aromatic heterocycles. The van der Waals surface area contributed by atoms with Gasteiger partial charge in [0.15, 0.2) is 0 Å². The predicted octanol–water partition coefficient (Wildman–Crippen LogP) is 3.22. The predicted molar refractivity (Wildman–Crippen MR) is 83.3 cm³/mol. The van der Waals surface area contributed by atoms with Crippen LogP contribution in [0.4, 0.5) is 5.69 Å². The Balaban J connectivity index is 1.87. The summed E-state index contributed by atoms with van der Waals surface area (Å²) >= 11 is 0. The highest BCUT2D eigenvalue weighted by Crippen LogP contribution is 2.29. The molecule has 1 aliphatic heterocycles. The Morgan fingerprint density at radius 1 is 1.10 bits per heavy atom. The second-order valence-electron chi connectivity index (χ2n) is 5.46. The molecule has 2 aromatic rings. The van der Waals surface area contributed by atoms with Gasteiger partial charge in [0.25, 0.3) is 0 Å². The van der Waals surface area contributed by atoms with Crippen molar-refractivity contribution < 1.29 is 9.90 Å². The quantitative estimate of drug-likeness (QED) is 0.907. The summed E-state index contributed by atoms with van der Waals surface area (Å²) < 4.78 is 0. The third-order valence-electron chi connectivity index (χ3n) is 4.04. The maximum absolute atomic E-state index is 11.4. The molecule has 1 aliphatic rings. The van der Waals surface area contributed by atoms with Crippen LogP contribution in [0.15, 0.2) is 42.5 Å². The monoisotopic (exact) mass is 281 g/mol. The summed E-state index contributed by atoms with van der Waals surface area (Å²) in [7, 11) is 0. The van der Waals surface area contributed by atoms with Crippen molar-refractivity contribution in [2.75, 3.05) is 5.32 Å². The first kappa shape index (κ1) is 13.8. The van der Waals surface area contributed by atoms with Gasteiger partial charge in [0, 0.05) is 12.1 Å². The SMILES string of the molecule is CCc1ccc(C(O)c2ccc3c(c2)CCC(=O)N3)cc1. The van der Waals surface area contributed by atoms with Crippen LogP contribution in [0.1, 0.15) is 41.7 Å². The highest BCUT2D eigenvalue weighted by Gasteiger charge is 2.17. The summed E-state index contributed by atoms with van der Waals surface area (Å²) in [5.74, 6) is 0.0611. The Labute approximate surface area is 124 Å². The molecule has 0 bridgehead atoms. The van der Waals surface area contributed by atoms with Crippen molar-refractivity contribution in [3.8, 4) is 0 Å². The second kappa shape index (κ2) is 5.70. The fourth-order valence-electron chi connectivity index (χ4n) is 2.70. The van der Waals surface area contributed by atoms with E-state index in [2.05, 4.69) is 24.4 Å². The average molecular weight is 281 g/mol. The van der Waals surface area contributed by atoms with E-state index in [1.165, 1.54) is 5.56 Å². The Hall–Kier alpha value is -2.13. The molecule has 0 spiro atoms. The molecule has 0 aliphatic carbocycles. The van der Waals surface area contributed by atoms with Gasteiger partial charge in [-0.05, 0) is 41.2 Å². The van der Waals surface area contributed by atoms with Crippen molar-refractivity contribution in [3.05, 3.63) is 64.7 Å². The highest BCUT2D eigenvalue weighted by atomic mass is 16.3. The van der Waals surface area contributed by atoms with Gasteiger partial charge in [0.2, 0.25) is 5.91 Å². The number of nitrogens with one attached hydrogen (secondary N) is 1. The normalized spacial score (nSPS) is 15.2. The maximum Gasteiger partial charge on any atom is 0.224 e. The van der Waals surface area contributed by atoms with Crippen LogP contribution in [0.5, 0.6) is 0 Å². The molecule has 108 valence electrons. The molecule has 21 heavy (non-hydrogen) atoms. The first-order valence-corrected chi connectivity index (χ1v) is 7.37. The fraction of sp³-hybridized carbons (Fsp3) is 0.278. The summed E-state index contributed by atoms with van der Waals surface area (Å²) in [6.07, 6.45) is 1.61. The van der Waals surface area contributed by atoms with Crippen molar-refractivity contribution in [3.63, 3.8) is 0 Å². The summed E-state index contributed by atoms with van der Waals surface area (Å²) in [6, 6.07) is 13.8. The number of benzene rings is 2. The number of carbonyl (C=O) groups is 1. The zero-order valence-corrected chi connectivity index (χ0v) is 12.1. The molecule has 3 heteroatoms. The van der Waals surface area contributed by atoms with E-state index in [0.717, 1.165) is 35.2 Å². The lowest BCUT2D eigenvalue weighted by molar-refractivity contribution is -0.116. The minimum atomic E-state index is -0.626. The highest BCUT2D eigenvalue weighted by molar-refractivity contribution is 5.93.